The summed E-state index contributed by atoms with van der Waals surface area (Å²) in [6.07, 6.45) is 3.09. The van der Waals surface area contributed by atoms with Crippen LogP contribution in [0.15, 0.2) is 53.7 Å². The van der Waals surface area contributed by atoms with Gasteiger partial charge in [0, 0.05) is 11.3 Å². The molecule has 9 nitrogen and oxygen atoms in total. The van der Waals surface area contributed by atoms with Gasteiger partial charge in [-0.3, -0.25) is 0 Å². The number of tetrazole rings is 2. The second kappa shape index (κ2) is 10.2. The van der Waals surface area contributed by atoms with Gasteiger partial charge in [-0.05, 0) is 53.1 Å². The smallest absolute Gasteiger partial charge is 0.214 e. The van der Waals surface area contributed by atoms with Gasteiger partial charge in [0.15, 0.2) is 0 Å². The number of unbranched alkanes of at least 4 members (excludes halogenated alkanes) is 2. The van der Waals surface area contributed by atoms with Gasteiger partial charge < -0.3 is 4.74 Å². The van der Waals surface area contributed by atoms with Crippen LogP contribution < -0.4 is 4.74 Å². The van der Waals surface area contributed by atoms with Crippen LogP contribution in [0.25, 0.3) is 17.1 Å². The number of methoxy groups -OCH3 is 1. The number of rotatable bonds is 10. The number of nitrogens with zero attached hydrogens (tertiary/aromatic N) is 8. The minimum Gasteiger partial charge on any atom is -0.494 e. The second-order valence-corrected chi connectivity index (χ2v) is 8.09. The lowest BCUT2D eigenvalue weighted by atomic mass is 10.2. The fraction of sp³-hybridized carbons (Fsp3) is 0.333. The Kier molecular flexibility index (Phi) is 6.88. The molecular formula is C21H24N8OS. The first kappa shape index (κ1) is 21.0. The van der Waals surface area contributed by atoms with Crippen LogP contribution in [0.1, 0.15) is 24.8 Å². The lowest BCUT2D eigenvalue weighted by Crippen LogP contribution is -2.03. The molecule has 0 spiro atoms. The van der Waals surface area contributed by atoms with Crippen LogP contribution in [-0.4, -0.2) is 53.3 Å². The molecule has 0 aliphatic carbocycles. The molecule has 4 aromatic rings. The largest absolute Gasteiger partial charge is 0.494 e. The molecule has 2 aromatic heterocycles. The Morgan fingerprint density at radius 1 is 0.968 bits per heavy atom. The van der Waals surface area contributed by atoms with E-state index in [-0.39, 0.29) is 0 Å². The Bertz CT molecular complexity index is 1110. The van der Waals surface area contributed by atoms with Crippen LogP contribution in [0.4, 0.5) is 0 Å². The molecule has 2 heterocycles. The topological polar surface area (TPSA) is 96.4 Å². The number of hydrogen-bond acceptors (Lipinski definition) is 8. The standard InChI is InChI=1S/C21H24N8OS/c1-16-11-12-19(30-2)18(15-16)29-21(23-25-27-29)31-14-8-4-7-13-28-24-20(22-26-28)17-9-5-3-6-10-17/h3,5-6,9-12,15H,4,7-8,13-14H2,1-2H3. The molecule has 0 aliphatic rings. The Morgan fingerprint density at radius 3 is 2.68 bits per heavy atom. The maximum atomic E-state index is 5.46. The Balaban J connectivity index is 1.24. The Hall–Kier alpha value is -3.27. The molecule has 2 aromatic carbocycles. The summed E-state index contributed by atoms with van der Waals surface area (Å²) in [6, 6.07) is 15.8. The molecule has 0 bridgehead atoms. The molecule has 0 radical (unpaired) electrons. The predicted molar refractivity (Wildman–Crippen MR) is 118 cm³/mol. The summed E-state index contributed by atoms with van der Waals surface area (Å²) in [7, 11) is 1.65. The first-order valence-electron chi connectivity index (χ1n) is 10.1. The van der Waals surface area contributed by atoms with Crippen molar-refractivity contribution in [1.82, 2.24) is 40.4 Å². The fourth-order valence-electron chi connectivity index (χ4n) is 3.12. The van der Waals surface area contributed by atoms with Crippen molar-refractivity contribution < 1.29 is 4.74 Å². The summed E-state index contributed by atoms with van der Waals surface area (Å²) in [6.45, 7) is 2.79. The average Bonchev–Trinajstić information content (AvgIpc) is 3.46. The van der Waals surface area contributed by atoms with Crippen LogP contribution in [0.3, 0.4) is 0 Å². The molecule has 31 heavy (non-hydrogen) atoms. The maximum absolute atomic E-state index is 5.46. The normalized spacial score (nSPS) is 11.0. The van der Waals surface area contributed by atoms with Crippen LogP contribution in [0.2, 0.25) is 0 Å². The van der Waals surface area contributed by atoms with Crippen molar-refractivity contribution in [1.29, 1.82) is 0 Å². The van der Waals surface area contributed by atoms with E-state index in [9.17, 15) is 0 Å². The predicted octanol–water partition coefficient (Wildman–Crippen LogP) is 3.60. The lowest BCUT2D eigenvalue weighted by molar-refractivity contribution is 0.410. The molecule has 10 heteroatoms. The third-order valence-electron chi connectivity index (χ3n) is 4.72. The first-order chi connectivity index (χ1) is 15.2. The van der Waals surface area contributed by atoms with E-state index in [0.29, 0.717) is 5.82 Å². The number of thioether (sulfide) groups is 1. The van der Waals surface area contributed by atoms with Crippen molar-refractivity contribution in [2.75, 3.05) is 12.9 Å². The highest BCUT2D eigenvalue weighted by Crippen LogP contribution is 2.27. The Labute approximate surface area is 184 Å². The summed E-state index contributed by atoms with van der Waals surface area (Å²) < 4.78 is 7.20. The molecule has 0 N–H and O–H groups in total. The second-order valence-electron chi connectivity index (χ2n) is 7.03. The van der Waals surface area contributed by atoms with E-state index >= 15 is 0 Å². The van der Waals surface area contributed by atoms with Gasteiger partial charge in [-0.25, -0.2) is 0 Å². The van der Waals surface area contributed by atoms with E-state index in [1.54, 1.807) is 28.3 Å². The molecular weight excluding hydrogens is 412 g/mol. The van der Waals surface area contributed by atoms with Crippen molar-refractivity contribution in [3.63, 3.8) is 0 Å². The number of ether oxygens (including phenoxy) is 1. The van der Waals surface area contributed by atoms with Gasteiger partial charge in [0.1, 0.15) is 11.4 Å². The summed E-state index contributed by atoms with van der Waals surface area (Å²) in [5.74, 6) is 2.33. The van der Waals surface area contributed by atoms with Gasteiger partial charge in [-0.2, -0.15) is 9.48 Å². The quantitative estimate of drug-likeness (QED) is 0.275. The van der Waals surface area contributed by atoms with Gasteiger partial charge in [0.05, 0.1) is 13.7 Å². The van der Waals surface area contributed by atoms with E-state index < -0.39 is 0 Å². The van der Waals surface area contributed by atoms with Gasteiger partial charge in [0.25, 0.3) is 0 Å². The summed E-state index contributed by atoms with van der Waals surface area (Å²) in [5.41, 5.74) is 2.95. The number of benzene rings is 2. The minimum absolute atomic E-state index is 0.662. The molecule has 4 rings (SSSR count). The van der Waals surface area contributed by atoms with Crippen molar-refractivity contribution in [2.24, 2.45) is 0 Å². The fourth-order valence-corrected chi connectivity index (χ4v) is 4.00. The van der Waals surface area contributed by atoms with Crippen molar-refractivity contribution >= 4 is 11.8 Å². The monoisotopic (exact) mass is 436 g/mol. The van der Waals surface area contributed by atoms with E-state index in [2.05, 4.69) is 30.9 Å². The first-order valence-corrected chi connectivity index (χ1v) is 11.1. The van der Waals surface area contributed by atoms with Gasteiger partial charge in [-0.15, -0.1) is 15.3 Å². The molecule has 0 amide bonds. The van der Waals surface area contributed by atoms with E-state index in [4.69, 9.17) is 4.74 Å². The highest BCUT2D eigenvalue weighted by Gasteiger charge is 2.13. The van der Waals surface area contributed by atoms with Crippen molar-refractivity contribution in [3.8, 4) is 22.8 Å². The summed E-state index contributed by atoms with van der Waals surface area (Å²) >= 11 is 1.64. The maximum Gasteiger partial charge on any atom is 0.214 e. The van der Waals surface area contributed by atoms with Crippen LogP contribution in [0, 0.1) is 6.92 Å². The third kappa shape index (κ3) is 5.26. The molecule has 160 valence electrons. The minimum atomic E-state index is 0.662. The Morgan fingerprint density at radius 2 is 1.84 bits per heavy atom. The average molecular weight is 437 g/mol. The molecule has 0 atom stereocenters. The zero-order valence-corrected chi connectivity index (χ0v) is 18.4. The highest BCUT2D eigenvalue weighted by atomic mass is 32.2. The summed E-state index contributed by atoms with van der Waals surface area (Å²) in [4.78, 5) is 1.67. The number of aryl methyl sites for hydroxylation is 2. The highest BCUT2D eigenvalue weighted by molar-refractivity contribution is 7.99. The molecule has 0 unspecified atom stereocenters. The SMILES string of the molecule is COc1ccc(C)cc1-n1nnnc1SCCCCCn1nnc(-c2ccccc2)n1. The molecule has 0 saturated heterocycles. The lowest BCUT2D eigenvalue weighted by Gasteiger charge is -2.10. The number of hydrogen-bond donors (Lipinski definition) is 0. The van der Waals surface area contributed by atoms with Gasteiger partial charge in [-0.1, -0.05) is 54.6 Å². The zero-order chi connectivity index (χ0) is 21.5. The molecule has 0 saturated carbocycles. The van der Waals surface area contributed by atoms with Gasteiger partial charge in [0.2, 0.25) is 11.0 Å². The third-order valence-corrected chi connectivity index (χ3v) is 5.73. The number of aromatic nitrogens is 8. The van der Waals surface area contributed by atoms with Gasteiger partial charge >= 0.3 is 0 Å². The van der Waals surface area contributed by atoms with Crippen molar-refractivity contribution in [3.05, 3.63) is 54.1 Å². The van der Waals surface area contributed by atoms with E-state index in [1.165, 1.54) is 0 Å². The van der Waals surface area contributed by atoms with Crippen LogP contribution in [-0.2, 0) is 6.54 Å². The molecule has 0 fully saturated rings. The van der Waals surface area contributed by atoms with E-state index in [0.717, 1.165) is 59.3 Å². The summed E-state index contributed by atoms with van der Waals surface area (Å²) in [5, 5.41) is 25.7. The van der Waals surface area contributed by atoms with Crippen molar-refractivity contribution in [2.45, 2.75) is 37.9 Å². The van der Waals surface area contributed by atoms with Crippen LogP contribution in [0.5, 0.6) is 5.75 Å². The van der Waals surface area contributed by atoms with Crippen LogP contribution >= 0.6 is 11.8 Å². The zero-order valence-electron chi connectivity index (χ0n) is 17.5. The van der Waals surface area contributed by atoms with E-state index in [1.807, 2.05) is 55.5 Å². The molecule has 0 aliphatic heterocycles.